The van der Waals surface area contributed by atoms with Gasteiger partial charge in [0.2, 0.25) is 17.7 Å². The van der Waals surface area contributed by atoms with Crippen LogP contribution in [0, 0.1) is 6.92 Å². The third kappa shape index (κ3) is 3.43. The highest BCUT2D eigenvalue weighted by Crippen LogP contribution is 2.31. The van der Waals surface area contributed by atoms with Gasteiger partial charge in [-0.25, -0.2) is 0 Å². The highest BCUT2D eigenvalue weighted by Gasteiger charge is 2.31. The number of rotatable bonds is 3. The minimum atomic E-state index is -0.363. The first-order valence-corrected chi connectivity index (χ1v) is 8.59. The molecular formula is C18H21N3O4. The van der Waals surface area contributed by atoms with Gasteiger partial charge in [0.25, 0.3) is 0 Å². The second-order valence-electron chi connectivity index (χ2n) is 6.37. The molecule has 0 unspecified atom stereocenters. The third-order valence-electron chi connectivity index (χ3n) is 4.69. The predicted octanol–water partition coefficient (Wildman–Crippen LogP) is 1.98. The summed E-state index contributed by atoms with van der Waals surface area (Å²) in [6.45, 7) is 3.84. The number of hydrogen-bond acceptors (Lipinski definition) is 6. The summed E-state index contributed by atoms with van der Waals surface area (Å²) >= 11 is 0. The molecule has 0 bridgehead atoms. The molecule has 132 valence electrons. The van der Waals surface area contributed by atoms with Gasteiger partial charge in [0.15, 0.2) is 6.10 Å². The highest BCUT2D eigenvalue weighted by atomic mass is 16.5. The second kappa shape index (κ2) is 6.93. The first kappa shape index (κ1) is 16.2. The molecule has 2 atom stereocenters. The van der Waals surface area contributed by atoms with Crippen LogP contribution in [0.15, 0.2) is 28.7 Å². The monoisotopic (exact) mass is 343 g/mol. The Labute approximate surface area is 145 Å². The fourth-order valence-corrected chi connectivity index (χ4v) is 3.40. The summed E-state index contributed by atoms with van der Waals surface area (Å²) in [5.41, 5.74) is 2.40. The lowest BCUT2D eigenvalue weighted by Crippen LogP contribution is -2.43. The maximum absolute atomic E-state index is 12.8. The number of fused-ring (bicyclic) bond motifs is 1. The van der Waals surface area contributed by atoms with Crippen molar-refractivity contribution in [2.45, 2.75) is 32.0 Å². The van der Waals surface area contributed by atoms with Crippen molar-refractivity contribution < 1.29 is 18.7 Å². The molecule has 0 spiro atoms. The summed E-state index contributed by atoms with van der Waals surface area (Å²) in [6.07, 6.45) is 0.701. The molecule has 0 aliphatic carbocycles. The van der Waals surface area contributed by atoms with E-state index in [0.29, 0.717) is 44.5 Å². The first-order valence-electron chi connectivity index (χ1n) is 8.59. The van der Waals surface area contributed by atoms with Crippen LogP contribution in [0.2, 0.25) is 0 Å². The summed E-state index contributed by atoms with van der Waals surface area (Å²) in [6, 6.07) is 8.18. The third-order valence-corrected chi connectivity index (χ3v) is 4.69. The largest absolute Gasteiger partial charge is 0.423 e. The van der Waals surface area contributed by atoms with Crippen molar-refractivity contribution in [1.82, 2.24) is 15.1 Å². The van der Waals surface area contributed by atoms with Crippen LogP contribution in [0.1, 0.15) is 41.5 Å². The number of benzene rings is 1. The number of aryl methyl sites for hydroxylation is 1. The van der Waals surface area contributed by atoms with Gasteiger partial charge in [-0.05, 0) is 17.5 Å². The normalized spacial score (nSPS) is 23.3. The Morgan fingerprint density at radius 2 is 2.12 bits per heavy atom. The SMILES string of the molecule is Cc1nnc([C@H]2CN(C(=O)C[C@@H]3OCCc4ccccc43)CCO2)o1. The summed E-state index contributed by atoms with van der Waals surface area (Å²) in [5, 5.41) is 7.83. The number of ether oxygens (including phenoxy) is 2. The molecular weight excluding hydrogens is 322 g/mol. The van der Waals surface area contributed by atoms with E-state index in [-0.39, 0.29) is 18.1 Å². The van der Waals surface area contributed by atoms with Crippen molar-refractivity contribution in [3.63, 3.8) is 0 Å². The van der Waals surface area contributed by atoms with Crippen molar-refractivity contribution in [1.29, 1.82) is 0 Å². The smallest absolute Gasteiger partial charge is 0.246 e. The molecule has 2 aliphatic heterocycles. The molecule has 0 saturated carbocycles. The lowest BCUT2D eigenvalue weighted by Gasteiger charge is -2.33. The minimum absolute atomic E-state index is 0.0613. The zero-order valence-electron chi connectivity index (χ0n) is 14.2. The van der Waals surface area contributed by atoms with E-state index in [0.717, 1.165) is 12.0 Å². The van der Waals surface area contributed by atoms with E-state index in [9.17, 15) is 4.79 Å². The number of morpholine rings is 1. The Kier molecular flexibility index (Phi) is 4.50. The lowest BCUT2D eigenvalue weighted by atomic mass is 9.95. The van der Waals surface area contributed by atoms with Crippen LogP contribution in [-0.2, 0) is 20.7 Å². The molecule has 0 radical (unpaired) electrons. The van der Waals surface area contributed by atoms with Crippen molar-refractivity contribution in [2.75, 3.05) is 26.3 Å². The highest BCUT2D eigenvalue weighted by molar-refractivity contribution is 5.77. The Balaban J connectivity index is 1.43. The van der Waals surface area contributed by atoms with E-state index in [1.54, 1.807) is 11.8 Å². The second-order valence-corrected chi connectivity index (χ2v) is 6.37. The van der Waals surface area contributed by atoms with Gasteiger partial charge in [-0.15, -0.1) is 10.2 Å². The number of amides is 1. The van der Waals surface area contributed by atoms with E-state index in [1.807, 2.05) is 12.1 Å². The Bertz CT molecular complexity index is 760. The summed E-state index contributed by atoms with van der Waals surface area (Å²) in [7, 11) is 0. The van der Waals surface area contributed by atoms with E-state index < -0.39 is 0 Å². The van der Waals surface area contributed by atoms with Crippen LogP contribution in [-0.4, -0.2) is 47.3 Å². The fourth-order valence-electron chi connectivity index (χ4n) is 3.40. The van der Waals surface area contributed by atoms with Crippen LogP contribution >= 0.6 is 0 Å². The van der Waals surface area contributed by atoms with E-state index in [4.69, 9.17) is 13.9 Å². The molecule has 25 heavy (non-hydrogen) atoms. The standard InChI is InChI=1S/C18H21N3O4/c1-12-19-20-18(25-12)16-11-21(7-9-24-16)17(22)10-15-14-5-3-2-4-13(14)6-8-23-15/h2-5,15-16H,6-11H2,1H3/t15-,16+/m0/s1. The van der Waals surface area contributed by atoms with E-state index >= 15 is 0 Å². The van der Waals surface area contributed by atoms with Crippen LogP contribution in [0.4, 0.5) is 0 Å². The molecule has 1 aromatic heterocycles. The summed E-state index contributed by atoms with van der Waals surface area (Å²) in [5.74, 6) is 0.981. The number of nitrogens with zero attached hydrogens (tertiary/aromatic N) is 3. The molecule has 1 aromatic carbocycles. The molecule has 0 N–H and O–H groups in total. The lowest BCUT2D eigenvalue weighted by molar-refractivity contribution is -0.143. The number of aromatic nitrogens is 2. The van der Waals surface area contributed by atoms with Gasteiger partial charge in [0.1, 0.15) is 0 Å². The van der Waals surface area contributed by atoms with Crippen molar-refractivity contribution >= 4 is 5.91 Å². The molecule has 3 heterocycles. The van der Waals surface area contributed by atoms with Crippen LogP contribution in [0.3, 0.4) is 0 Å². The Hall–Kier alpha value is -2.25. The van der Waals surface area contributed by atoms with Crippen LogP contribution in [0.5, 0.6) is 0 Å². The van der Waals surface area contributed by atoms with Gasteiger partial charge >= 0.3 is 0 Å². The average molecular weight is 343 g/mol. The minimum Gasteiger partial charge on any atom is -0.423 e. The summed E-state index contributed by atoms with van der Waals surface area (Å²) < 4.78 is 17.0. The number of hydrogen-bond donors (Lipinski definition) is 0. The van der Waals surface area contributed by atoms with Gasteiger partial charge in [0, 0.05) is 13.5 Å². The zero-order valence-corrected chi connectivity index (χ0v) is 14.2. The molecule has 2 aromatic rings. The molecule has 1 fully saturated rings. The van der Waals surface area contributed by atoms with E-state index in [2.05, 4.69) is 22.3 Å². The first-order chi connectivity index (χ1) is 12.2. The number of carbonyl (C=O) groups excluding carboxylic acids is 1. The Morgan fingerprint density at radius 3 is 2.96 bits per heavy atom. The van der Waals surface area contributed by atoms with Gasteiger partial charge in [0.05, 0.1) is 32.3 Å². The fraction of sp³-hybridized carbons (Fsp3) is 0.500. The van der Waals surface area contributed by atoms with Crippen molar-refractivity contribution in [3.8, 4) is 0 Å². The predicted molar refractivity (Wildman–Crippen MR) is 87.8 cm³/mol. The quantitative estimate of drug-likeness (QED) is 0.848. The van der Waals surface area contributed by atoms with Gasteiger partial charge in [-0.1, -0.05) is 24.3 Å². The topological polar surface area (TPSA) is 77.7 Å². The van der Waals surface area contributed by atoms with Crippen LogP contribution in [0.25, 0.3) is 0 Å². The molecule has 7 heteroatoms. The van der Waals surface area contributed by atoms with Gasteiger partial charge < -0.3 is 18.8 Å². The van der Waals surface area contributed by atoms with Gasteiger partial charge in [-0.3, -0.25) is 4.79 Å². The molecule has 2 aliphatic rings. The summed E-state index contributed by atoms with van der Waals surface area (Å²) in [4.78, 5) is 14.6. The van der Waals surface area contributed by atoms with Crippen molar-refractivity contribution in [2.24, 2.45) is 0 Å². The molecule has 1 saturated heterocycles. The number of carbonyl (C=O) groups is 1. The van der Waals surface area contributed by atoms with Crippen LogP contribution < -0.4 is 0 Å². The molecule has 4 rings (SSSR count). The maximum atomic E-state index is 12.8. The van der Waals surface area contributed by atoms with E-state index in [1.165, 1.54) is 5.56 Å². The molecule has 7 nitrogen and oxygen atoms in total. The molecule has 1 amide bonds. The van der Waals surface area contributed by atoms with Gasteiger partial charge in [-0.2, -0.15) is 0 Å². The van der Waals surface area contributed by atoms with Crippen molar-refractivity contribution in [3.05, 3.63) is 47.2 Å². The zero-order chi connectivity index (χ0) is 17.2. The average Bonchev–Trinajstić information content (AvgIpc) is 3.09. The Morgan fingerprint density at radius 1 is 1.24 bits per heavy atom. The maximum Gasteiger partial charge on any atom is 0.246 e.